The van der Waals surface area contributed by atoms with Crippen LogP contribution in [-0.4, -0.2) is 25.3 Å². The molecule has 11 heavy (non-hydrogen) atoms. The number of hydrogen-bond donors (Lipinski definition) is 1. The van der Waals surface area contributed by atoms with Crippen molar-refractivity contribution in [2.24, 2.45) is 0 Å². The summed E-state index contributed by atoms with van der Waals surface area (Å²) in [5.41, 5.74) is 0. The minimum absolute atomic E-state index is 0.355. The molecule has 0 saturated heterocycles. The first kappa shape index (κ1) is 10.9. The first-order chi connectivity index (χ1) is 5.16. The summed E-state index contributed by atoms with van der Waals surface area (Å²) in [5, 5.41) is 3.36. The van der Waals surface area contributed by atoms with Crippen LogP contribution in [0.4, 0.5) is 0 Å². The quantitative estimate of drug-likeness (QED) is 0.597. The summed E-state index contributed by atoms with van der Waals surface area (Å²) in [6.45, 7) is 10.3. The molecule has 0 aliphatic rings. The summed E-state index contributed by atoms with van der Waals surface area (Å²) in [6, 6.07) is 0.616. The number of rotatable bonds is 6. The third-order valence-electron chi connectivity index (χ3n) is 1.66. The van der Waals surface area contributed by atoms with E-state index in [4.69, 9.17) is 4.74 Å². The van der Waals surface area contributed by atoms with Crippen molar-refractivity contribution in [1.82, 2.24) is 5.32 Å². The fourth-order valence-electron chi connectivity index (χ4n) is 0.744. The average molecular weight is 159 g/mol. The molecule has 0 aliphatic heterocycles. The van der Waals surface area contributed by atoms with Crippen LogP contribution in [0.5, 0.6) is 0 Å². The predicted octanol–water partition coefficient (Wildman–Crippen LogP) is 1.80. The van der Waals surface area contributed by atoms with Crippen molar-refractivity contribution in [1.29, 1.82) is 0 Å². The van der Waals surface area contributed by atoms with Gasteiger partial charge in [0.25, 0.3) is 0 Å². The van der Waals surface area contributed by atoms with Gasteiger partial charge in [0, 0.05) is 12.6 Å². The summed E-state index contributed by atoms with van der Waals surface area (Å²) in [5.74, 6) is 0. The highest BCUT2D eigenvalue weighted by Gasteiger charge is 1.96. The Bertz CT molecular complexity index is 83.6. The fourth-order valence-corrected chi connectivity index (χ4v) is 0.744. The Hall–Kier alpha value is -0.0800. The molecule has 68 valence electrons. The van der Waals surface area contributed by atoms with Gasteiger partial charge in [0.2, 0.25) is 0 Å². The molecule has 0 aromatic rings. The lowest BCUT2D eigenvalue weighted by Crippen LogP contribution is -2.29. The zero-order valence-electron chi connectivity index (χ0n) is 8.18. The van der Waals surface area contributed by atoms with E-state index in [0.29, 0.717) is 12.1 Å². The largest absolute Gasteiger partial charge is 0.377 e. The van der Waals surface area contributed by atoms with E-state index in [1.165, 1.54) is 6.42 Å². The summed E-state index contributed by atoms with van der Waals surface area (Å²) in [6.07, 6.45) is 1.54. The van der Waals surface area contributed by atoms with E-state index in [1.807, 2.05) is 0 Å². The van der Waals surface area contributed by atoms with Crippen LogP contribution in [0.1, 0.15) is 34.1 Å². The highest BCUT2D eigenvalue weighted by Crippen LogP contribution is 1.88. The molecule has 0 heterocycles. The van der Waals surface area contributed by atoms with Crippen LogP contribution in [0.25, 0.3) is 0 Å². The molecule has 0 spiro atoms. The average Bonchev–Trinajstić information content (AvgIpc) is 1.97. The predicted molar refractivity (Wildman–Crippen MR) is 48.8 cm³/mol. The first-order valence-electron chi connectivity index (χ1n) is 4.51. The van der Waals surface area contributed by atoms with Crippen molar-refractivity contribution in [2.75, 3.05) is 13.2 Å². The van der Waals surface area contributed by atoms with E-state index in [0.717, 1.165) is 13.2 Å². The molecule has 2 heteroatoms. The van der Waals surface area contributed by atoms with Gasteiger partial charge in [-0.05, 0) is 27.2 Å². The smallest absolute Gasteiger partial charge is 0.0594 e. The summed E-state index contributed by atoms with van der Waals surface area (Å²) in [7, 11) is 0. The zero-order valence-corrected chi connectivity index (χ0v) is 8.18. The SMILES string of the molecule is CCC(C)NCCOC(C)C. The lowest BCUT2D eigenvalue weighted by atomic mass is 10.3. The molecule has 0 radical (unpaired) electrons. The molecule has 0 rings (SSSR count). The number of hydrogen-bond acceptors (Lipinski definition) is 2. The molecule has 1 unspecified atom stereocenters. The van der Waals surface area contributed by atoms with E-state index in [1.54, 1.807) is 0 Å². The molecule has 1 N–H and O–H groups in total. The van der Waals surface area contributed by atoms with Crippen molar-refractivity contribution in [3.05, 3.63) is 0 Å². The molecule has 0 bridgehead atoms. The minimum Gasteiger partial charge on any atom is -0.377 e. The maximum absolute atomic E-state index is 5.37. The van der Waals surface area contributed by atoms with Gasteiger partial charge in [-0.3, -0.25) is 0 Å². The Morgan fingerprint density at radius 2 is 1.91 bits per heavy atom. The fraction of sp³-hybridized carbons (Fsp3) is 1.00. The Labute approximate surface area is 70.3 Å². The molecule has 0 amide bonds. The first-order valence-corrected chi connectivity index (χ1v) is 4.51. The second-order valence-electron chi connectivity index (χ2n) is 3.18. The molecule has 0 saturated carbocycles. The molecular weight excluding hydrogens is 138 g/mol. The summed E-state index contributed by atoms with van der Waals surface area (Å²) in [4.78, 5) is 0. The summed E-state index contributed by atoms with van der Waals surface area (Å²) < 4.78 is 5.37. The van der Waals surface area contributed by atoms with Gasteiger partial charge in [-0.2, -0.15) is 0 Å². The topological polar surface area (TPSA) is 21.3 Å². The van der Waals surface area contributed by atoms with E-state index >= 15 is 0 Å². The van der Waals surface area contributed by atoms with E-state index in [-0.39, 0.29) is 0 Å². The van der Waals surface area contributed by atoms with Gasteiger partial charge in [-0.15, -0.1) is 0 Å². The highest BCUT2D eigenvalue weighted by molar-refractivity contribution is 4.56. The molecular formula is C9H21NO. The van der Waals surface area contributed by atoms with Gasteiger partial charge in [0.1, 0.15) is 0 Å². The van der Waals surface area contributed by atoms with Gasteiger partial charge >= 0.3 is 0 Å². The lowest BCUT2D eigenvalue weighted by Gasteiger charge is -2.12. The van der Waals surface area contributed by atoms with Crippen molar-refractivity contribution in [3.8, 4) is 0 Å². The molecule has 0 aliphatic carbocycles. The third kappa shape index (κ3) is 7.82. The van der Waals surface area contributed by atoms with Crippen LogP contribution < -0.4 is 5.32 Å². The van der Waals surface area contributed by atoms with Crippen LogP contribution in [0.3, 0.4) is 0 Å². The van der Waals surface area contributed by atoms with Crippen LogP contribution in [-0.2, 0) is 4.74 Å². The van der Waals surface area contributed by atoms with Crippen LogP contribution in [0.2, 0.25) is 0 Å². The highest BCUT2D eigenvalue weighted by atomic mass is 16.5. The van der Waals surface area contributed by atoms with Gasteiger partial charge in [-0.25, -0.2) is 0 Å². The summed E-state index contributed by atoms with van der Waals surface area (Å²) >= 11 is 0. The van der Waals surface area contributed by atoms with Crippen molar-refractivity contribution < 1.29 is 4.74 Å². The lowest BCUT2D eigenvalue weighted by molar-refractivity contribution is 0.0795. The molecule has 1 atom stereocenters. The molecule has 2 nitrogen and oxygen atoms in total. The van der Waals surface area contributed by atoms with Gasteiger partial charge in [0.05, 0.1) is 12.7 Å². The number of ether oxygens (including phenoxy) is 1. The Morgan fingerprint density at radius 1 is 1.27 bits per heavy atom. The maximum atomic E-state index is 5.37. The van der Waals surface area contributed by atoms with Gasteiger partial charge in [0.15, 0.2) is 0 Å². The molecule has 0 aromatic heterocycles. The van der Waals surface area contributed by atoms with Crippen LogP contribution >= 0.6 is 0 Å². The third-order valence-corrected chi connectivity index (χ3v) is 1.66. The second kappa shape index (κ2) is 6.62. The molecule has 0 aromatic carbocycles. The normalized spacial score (nSPS) is 13.9. The van der Waals surface area contributed by atoms with Crippen molar-refractivity contribution in [2.45, 2.75) is 46.3 Å². The second-order valence-corrected chi connectivity index (χ2v) is 3.18. The van der Waals surface area contributed by atoms with E-state index in [2.05, 4.69) is 33.0 Å². The maximum Gasteiger partial charge on any atom is 0.0594 e. The van der Waals surface area contributed by atoms with Crippen LogP contribution in [0, 0.1) is 0 Å². The Morgan fingerprint density at radius 3 is 2.36 bits per heavy atom. The van der Waals surface area contributed by atoms with Crippen molar-refractivity contribution in [3.63, 3.8) is 0 Å². The standard InChI is InChI=1S/C9H21NO/c1-5-9(4)10-6-7-11-8(2)3/h8-10H,5-7H2,1-4H3. The van der Waals surface area contributed by atoms with E-state index in [9.17, 15) is 0 Å². The zero-order chi connectivity index (χ0) is 8.69. The van der Waals surface area contributed by atoms with Crippen molar-refractivity contribution >= 4 is 0 Å². The Kier molecular flexibility index (Phi) is 6.57. The minimum atomic E-state index is 0.355. The van der Waals surface area contributed by atoms with Crippen LogP contribution in [0.15, 0.2) is 0 Å². The number of nitrogens with one attached hydrogen (secondary N) is 1. The van der Waals surface area contributed by atoms with Gasteiger partial charge in [-0.1, -0.05) is 6.92 Å². The monoisotopic (exact) mass is 159 g/mol. The van der Waals surface area contributed by atoms with E-state index < -0.39 is 0 Å². The molecule has 0 fully saturated rings. The van der Waals surface area contributed by atoms with Gasteiger partial charge < -0.3 is 10.1 Å². The Balaban J connectivity index is 3.01.